The van der Waals surface area contributed by atoms with Crippen molar-refractivity contribution in [2.24, 2.45) is 0 Å². The van der Waals surface area contributed by atoms with Crippen LogP contribution in [0.5, 0.6) is 0 Å². The summed E-state index contributed by atoms with van der Waals surface area (Å²) in [5.41, 5.74) is 5.02. The number of hydrogen-bond donors (Lipinski definition) is 1. The fraction of sp³-hybridized carbons (Fsp3) is 0.458. The molecule has 3 nitrogen and oxygen atoms in total. The van der Waals surface area contributed by atoms with Crippen molar-refractivity contribution in [2.75, 3.05) is 13.7 Å². The predicted octanol–water partition coefficient (Wildman–Crippen LogP) is 5.39. The summed E-state index contributed by atoms with van der Waals surface area (Å²) < 4.78 is 5.14. The Bertz CT molecular complexity index is 721. The molecule has 0 bridgehead atoms. The third-order valence-corrected chi connectivity index (χ3v) is 5.55. The highest BCUT2D eigenvalue weighted by Crippen LogP contribution is 2.36. The molecule has 2 aromatic rings. The van der Waals surface area contributed by atoms with Crippen LogP contribution in [0.2, 0.25) is 0 Å². The zero-order valence-corrected chi connectivity index (χ0v) is 16.8. The first-order valence-electron chi connectivity index (χ1n) is 9.89. The molecule has 0 radical (unpaired) electrons. The number of carbonyl (C=O) groups is 1. The molecular formula is C24H32O3. The van der Waals surface area contributed by atoms with Crippen molar-refractivity contribution in [3.8, 4) is 0 Å². The maximum absolute atomic E-state index is 10.8. The van der Waals surface area contributed by atoms with Crippen LogP contribution in [0.15, 0.2) is 48.5 Å². The lowest BCUT2D eigenvalue weighted by Crippen LogP contribution is -2.22. The van der Waals surface area contributed by atoms with Gasteiger partial charge in [-0.1, -0.05) is 62.4 Å². The standard InChI is InChI=1S/C24H32O3/c1-4-24(2,21-14-11-19(12-15-21)13-16-23(25)26)22-10-7-9-20(18-22)8-5-6-17-27-3/h7,9-12,14-15,18H,4-6,8,13,16-17H2,1-3H3,(H,25,26)/t24-/m1/s1. The fourth-order valence-corrected chi connectivity index (χ4v) is 3.51. The number of hydrogen-bond acceptors (Lipinski definition) is 2. The molecule has 0 spiro atoms. The first-order chi connectivity index (χ1) is 13.0. The molecule has 0 aromatic heterocycles. The monoisotopic (exact) mass is 368 g/mol. The Morgan fingerprint density at radius 3 is 2.37 bits per heavy atom. The van der Waals surface area contributed by atoms with Gasteiger partial charge in [0.2, 0.25) is 0 Å². The maximum Gasteiger partial charge on any atom is 0.303 e. The van der Waals surface area contributed by atoms with E-state index in [0.29, 0.717) is 6.42 Å². The van der Waals surface area contributed by atoms with Gasteiger partial charge in [0.25, 0.3) is 0 Å². The normalized spacial score (nSPS) is 13.3. The molecule has 0 saturated carbocycles. The summed E-state index contributed by atoms with van der Waals surface area (Å²) in [7, 11) is 1.75. The Labute approximate surface area is 163 Å². The molecule has 0 aliphatic carbocycles. The van der Waals surface area contributed by atoms with E-state index in [9.17, 15) is 4.79 Å². The lowest BCUT2D eigenvalue weighted by molar-refractivity contribution is -0.136. The highest BCUT2D eigenvalue weighted by Gasteiger charge is 2.27. The third kappa shape index (κ3) is 5.93. The van der Waals surface area contributed by atoms with Gasteiger partial charge in [0, 0.05) is 25.6 Å². The SMILES string of the molecule is CC[C@](C)(c1ccc(CCC(=O)O)cc1)c1cccc(CCCCOC)c1. The van der Waals surface area contributed by atoms with Crippen molar-refractivity contribution in [3.05, 3.63) is 70.8 Å². The van der Waals surface area contributed by atoms with Crippen LogP contribution < -0.4 is 0 Å². The van der Waals surface area contributed by atoms with E-state index < -0.39 is 5.97 Å². The summed E-state index contributed by atoms with van der Waals surface area (Å²) in [6.07, 6.45) is 5.06. The molecule has 0 aliphatic rings. The van der Waals surface area contributed by atoms with E-state index in [4.69, 9.17) is 9.84 Å². The molecule has 146 valence electrons. The van der Waals surface area contributed by atoms with E-state index in [1.54, 1.807) is 7.11 Å². The van der Waals surface area contributed by atoms with Gasteiger partial charge in [0.15, 0.2) is 0 Å². The van der Waals surface area contributed by atoms with Crippen LogP contribution in [0.3, 0.4) is 0 Å². The van der Waals surface area contributed by atoms with Gasteiger partial charge < -0.3 is 9.84 Å². The topological polar surface area (TPSA) is 46.5 Å². The summed E-state index contributed by atoms with van der Waals surface area (Å²) in [6, 6.07) is 17.4. The van der Waals surface area contributed by atoms with Gasteiger partial charge in [-0.3, -0.25) is 4.79 Å². The molecule has 2 aromatic carbocycles. The van der Waals surface area contributed by atoms with Crippen molar-refractivity contribution < 1.29 is 14.6 Å². The lowest BCUT2D eigenvalue weighted by Gasteiger charge is -2.30. The van der Waals surface area contributed by atoms with E-state index in [1.807, 2.05) is 0 Å². The Kier molecular flexibility index (Phi) is 8.05. The van der Waals surface area contributed by atoms with Crippen LogP contribution in [-0.4, -0.2) is 24.8 Å². The molecule has 0 amide bonds. The van der Waals surface area contributed by atoms with Crippen molar-refractivity contribution in [1.82, 2.24) is 0 Å². The molecule has 1 atom stereocenters. The van der Waals surface area contributed by atoms with Crippen LogP contribution in [0.4, 0.5) is 0 Å². The van der Waals surface area contributed by atoms with Crippen molar-refractivity contribution in [2.45, 2.75) is 57.8 Å². The minimum atomic E-state index is -0.750. The Balaban J connectivity index is 2.16. The van der Waals surface area contributed by atoms with E-state index in [2.05, 4.69) is 62.4 Å². The second kappa shape index (κ2) is 10.3. The second-order valence-electron chi connectivity index (χ2n) is 7.43. The van der Waals surface area contributed by atoms with Crippen LogP contribution in [0.1, 0.15) is 61.8 Å². The van der Waals surface area contributed by atoms with E-state index in [0.717, 1.165) is 37.9 Å². The molecule has 0 heterocycles. The smallest absolute Gasteiger partial charge is 0.303 e. The summed E-state index contributed by atoms with van der Waals surface area (Å²) in [5, 5.41) is 8.86. The largest absolute Gasteiger partial charge is 0.481 e. The average Bonchev–Trinajstić information content (AvgIpc) is 2.69. The van der Waals surface area contributed by atoms with E-state index >= 15 is 0 Å². The molecule has 3 heteroatoms. The minimum absolute atomic E-state index is 0.0478. The van der Waals surface area contributed by atoms with Gasteiger partial charge in [-0.15, -0.1) is 0 Å². The summed E-state index contributed by atoms with van der Waals surface area (Å²) in [5.74, 6) is -0.750. The number of carboxylic acid groups (broad SMARTS) is 1. The quantitative estimate of drug-likeness (QED) is 0.541. The first-order valence-corrected chi connectivity index (χ1v) is 9.89. The molecule has 0 fully saturated rings. The van der Waals surface area contributed by atoms with Crippen molar-refractivity contribution >= 4 is 5.97 Å². The number of aryl methyl sites for hydroxylation is 2. The predicted molar refractivity (Wildman–Crippen MR) is 110 cm³/mol. The van der Waals surface area contributed by atoms with Gasteiger partial charge in [0.05, 0.1) is 0 Å². The zero-order valence-electron chi connectivity index (χ0n) is 16.8. The van der Waals surface area contributed by atoms with Gasteiger partial charge in [-0.05, 0) is 54.4 Å². The maximum atomic E-state index is 10.8. The molecule has 0 saturated heterocycles. The van der Waals surface area contributed by atoms with E-state index in [1.165, 1.54) is 16.7 Å². The average molecular weight is 369 g/mol. The number of rotatable bonds is 11. The number of carboxylic acids is 1. The van der Waals surface area contributed by atoms with Gasteiger partial charge in [0.1, 0.15) is 0 Å². The number of benzene rings is 2. The summed E-state index contributed by atoms with van der Waals surface area (Å²) in [4.78, 5) is 10.8. The molecular weight excluding hydrogens is 336 g/mol. The minimum Gasteiger partial charge on any atom is -0.481 e. The zero-order chi connectivity index (χ0) is 19.7. The Morgan fingerprint density at radius 1 is 1.00 bits per heavy atom. The van der Waals surface area contributed by atoms with Crippen LogP contribution in [0.25, 0.3) is 0 Å². The fourth-order valence-electron chi connectivity index (χ4n) is 3.51. The van der Waals surface area contributed by atoms with E-state index in [-0.39, 0.29) is 11.8 Å². The van der Waals surface area contributed by atoms with Crippen LogP contribution in [-0.2, 0) is 27.8 Å². The Morgan fingerprint density at radius 2 is 1.74 bits per heavy atom. The van der Waals surface area contributed by atoms with Crippen LogP contribution >= 0.6 is 0 Å². The number of ether oxygens (including phenoxy) is 1. The van der Waals surface area contributed by atoms with Crippen molar-refractivity contribution in [3.63, 3.8) is 0 Å². The van der Waals surface area contributed by atoms with Gasteiger partial charge in [-0.2, -0.15) is 0 Å². The lowest BCUT2D eigenvalue weighted by atomic mass is 9.73. The molecule has 0 unspecified atom stereocenters. The molecule has 2 rings (SSSR count). The van der Waals surface area contributed by atoms with Crippen molar-refractivity contribution in [1.29, 1.82) is 0 Å². The van der Waals surface area contributed by atoms with Crippen LogP contribution in [0, 0.1) is 0 Å². The second-order valence-corrected chi connectivity index (χ2v) is 7.43. The molecule has 0 aliphatic heterocycles. The number of methoxy groups -OCH3 is 1. The van der Waals surface area contributed by atoms with Gasteiger partial charge >= 0.3 is 5.97 Å². The highest BCUT2D eigenvalue weighted by molar-refractivity contribution is 5.67. The first kappa shape index (κ1) is 21.2. The number of aliphatic carboxylic acids is 1. The molecule has 27 heavy (non-hydrogen) atoms. The summed E-state index contributed by atoms with van der Waals surface area (Å²) >= 11 is 0. The third-order valence-electron chi connectivity index (χ3n) is 5.55. The number of unbranched alkanes of at least 4 members (excludes halogenated alkanes) is 1. The molecule has 1 N–H and O–H groups in total. The Hall–Kier alpha value is -2.13. The summed E-state index contributed by atoms with van der Waals surface area (Å²) in [6.45, 7) is 5.34. The highest BCUT2D eigenvalue weighted by atomic mass is 16.5. The van der Waals surface area contributed by atoms with Gasteiger partial charge in [-0.25, -0.2) is 0 Å².